The molecule has 0 bridgehead atoms. The summed E-state index contributed by atoms with van der Waals surface area (Å²) in [6.45, 7) is 2.17. The molecule has 4 nitrogen and oxygen atoms in total. The van der Waals surface area contributed by atoms with Crippen LogP contribution in [0, 0.1) is 0 Å². The van der Waals surface area contributed by atoms with Crippen molar-refractivity contribution in [2.45, 2.75) is 45.4 Å². The molecule has 84 valence electrons. The van der Waals surface area contributed by atoms with Gasteiger partial charge < -0.3 is 0 Å². The summed E-state index contributed by atoms with van der Waals surface area (Å²) < 4.78 is 1.66. The van der Waals surface area contributed by atoms with E-state index in [2.05, 4.69) is 17.0 Å². The van der Waals surface area contributed by atoms with Crippen molar-refractivity contribution in [2.24, 2.45) is 7.05 Å². The van der Waals surface area contributed by atoms with E-state index in [4.69, 9.17) is 0 Å². The first-order chi connectivity index (χ1) is 7.24. The van der Waals surface area contributed by atoms with Crippen molar-refractivity contribution in [3.05, 3.63) is 12.2 Å². The Morgan fingerprint density at radius 2 is 2.20 bits per heavy atom. The van der Waals surface area contributed by atoms with Crippen molar-refractivity contribution in [3.8, 4) is 0 Å². The third-order valence-electron chi connectivity index (χ3n) is 2.47. The highest BCUT2D eigenvalue weighted by atomic mass is 16.1. The molecule has 1 aromatic heterocycles. The number of aryl methyl sites for hydroxylation is 1. The van der Waals surface area contributed by atoms with E-state index in [1.54, 1.807) is 4.68 Å². The molecule has 0 saturated heterocycles. The fourth-order valence-corrected chi connectivity index (χ4v) is 1.49. The Bertz CT molecular complexity index is 307. The SMILES string of the molecule is CCCCCCC(=O)Cc1ncnn1C. The van der Waals surface area contributed by atoms with E-state index in [9.17, 15) is 4.79 Å². The fourth-order valence-electron chi connectivity index (χ4n) is 1.49. The van der Waals surface area contributed by atoms with E-state index in [1.807, 2.05) is 7.05 Å². The van der Waals surface area contributed by atoms with E-state index in [0.717, 1.165) is 18.7 Å². The Labute approximate surface area is 90.7 Å². The Morgan fingerprint density at radius 1 is 1.40 bits per heavy atom. The second kappa shape index (κ2) is 6.32. The van der Waals surface area contributed by atoms with Gasteiger partial charge in [-0.1, -0.05) is 26.2 Å². The van der Waals surface area contributed by atoms with Crippen molar-refractivity contribution < 1.29 is 4.79 Å². The first kappa shape index (κ1) is 11.9. The highest BCUT2D eigenvalue weighted by Gasteiger charge is 2.07. The fraction of sp³-hybridized carbons (Fsp3) is 0.727. The van der Waals surface area contributed by atoms with Gasteiger partial charge in [0.25, 0.3) is 0 Å². The molecule has 1 heterocycles. The topological polar surface area (TPSA) is 47.8 Å². The normalized spacial score (nSPS) is 10.5. The van der Waals surface area contributed by atoms with Gasteiger partial charge in [-0.2, -0.15) is 5.10 Å². The minimum absolute atomic E-state index is 0.266. The molecule has 0 saturated carbocycles. The Kier molecular flexibility index (Phi) is 5.01. The minimum atomic E-state index is 0.266. The van der Waals surface area contributed by atoms with E-state index < -0.39 is 0 Å². The predicted molar refractivity (Wildman–Crippen MR) is 58.5 cm³/mol. The first-order valence-corrected chi connectivity index (χ1v) is 5.58. The van der Waals surface area contributed by atoms with Crippen molar-refractivity contribution in [1.29, 1.82) is 0 Å². The first-order valence-electron chi connectivity index (χ1n) is 5.58. The largest absolute Gasteiger partial charge is 0.299 e. The average Bonchev–Trinajstić information content (AvgIpc) is 2.59. The number of carbonyl (C=O) groups is 1. The van der Waals surface area contributed by atoms with Crippen LogP contribution in [0.2, 0.25) is 0 Å². The van der Waals surface area contributed by atoms with E-state index in [1.165, 1.54) is 19.2 Å². The Morgan fingerprint density at radius 3 is 2.80 bits per heavy atom. The zero-order valence-corrected chi connectivity index (χ0v) is 9.57. The maximum Gasteiger partial charge on any atom is 0.140 e. The van der Waals surface area contributed by atoms with Gasteiger partial charge in [0.05, 0.1) is 6.42 Å². The summed E-state index contributed by atoms with van der Waals surface area (Å²) in [5.41, 5.74) is 0. The number of carbonyl (C=O) groups excluding carboxylic acids is 1. The number of rotatable bonds is 7. The third-order valence-corrected chi connectivity index (χ3v) is 2.47. The van der Waals surface area contributed by atoms with Crippen molar-refractivity contribution in [1.82, 2.24) is 14.8 Å². The molecule has 0 fully saturated rings. The smallest absolute Gasteiger partial charge is 0.140 e. The molecule has 1 rings (SSSR count). The highest BCUT2D eigenvalue weighted by molar-refractivity contribution is 5.80. The van der Waals surface area contributed by atoms with Gasteiger partial charge in [-0.25, -0.2) is 4.98 Å². The molecule has 1 aromatic rings. The van der Waals surface area contributed by atoms with Crippen LogP contribution in [-0.4, -0.2) is 20.5 Å². The number of hydrogen-bond donors (Lipinski definition) is 0. The highest BCUT2D eigenvalue weighted by Crippen LogP contribution is 2.05. The lowest BCUT2D eigenvalue weighted by Gasteiger charge is -2.00. The summed E-state index contributed by atoms with van der Waals surface area (Å²) in [4.78, 5) is 15.6. The van der Waals surface area contributed by atoms with Crippen LogP contribution in [0.3, 0.4) is 0 Å². The standard InChI is InChI=1S/C11H19N3O/c1-3-4-5-6-7-10(15)8-11-12-9-13-14(11)2/h9H,3-8H2,1-2H3. The number of unbranched alkanes of at least 4 members (excludes halogenated alkanes) is 3. The second-order valence-corrected chi connectivity index (χ2v) is 3.83. The predicted octanol–water partition coefficient (Wildman–Crippen LogP) is 1.90. The van der Waals surface area contributed by atoms with Crippen molar-refractivity contribution >= 4 is 5.78 Å². The van der Waals surface area contributed by atoms with E-state index >= 15 is 0 Å². The van der Waals surface area contributed by atoms with Crippen LogP contribution < -0.4 is 0 Å². The summed E-state index contributed by atoms with van der Waals surface area (Å²) in [5, 5.41) is 3.93. The molecule has 0 aliphatic rings. The molecule has 15 heavy (non-hydrogen) atoms. The van der Waals surface area contributed by atoms with Gasteiger partial charge in [-0.05, 0) is 6.42 Å². The molecule has 0 unspecified atom stereocenters. The van der Waals surface area contributed by atoms with Gasteiger partial charge in [0.2, 0.25) is 0 Å². The molecule has 0 aromatic carbocycles. The average molecular weight is 209 g/mol. The molecule has 0 aliphatic carbocycles. The monoisotopic (exact) mass is 209 g/mol. The summed E-state index contributed by atoms with van der Waals surface area (Å²) in [7, 11) is 1.81. The second-order valence-electron chi connectivity index (χ2n) is 3.83. The van der Waals surface area contributed by atoms with Gasteiger partial charge >= 0.3 is 0 Å². The number of ketones is 1. The minimum Gasteiger partial charge on any atom is -0.299 e. The molecule has 0 aliphatic heterocycles. The molecule has 0 radical (unpaired) electrons. The van der Waals surface area contributed by atoms with Crippen molar-refractivity contribution in [3.63, 3.8) is 0 Å². The molecule has 0 atom stereocenters. The number of hydrogen-bond acceptors (Lipinski definition) is 3. The van der Waals surface area contributed by atoms with Crippen LogP contribution in [0.5, 0.6) is 0 Å². The summed E-state index contributed by atoms with van der Waals surface area (Å²) in [6.07, 6.45) is 7.16. The molecule has 0 amide bonds. The Hall–Kier alpha value is -1.19. The van der Waals surface area contributed by atoms with E-state index in [0.29, 0.717) is 12.8 Å². The maximum absolute atomic E-state index is 11.5. The summed E-state index contributed by atoms with van der Waals surface area (Å²) in [5.74, 6) is 1.03. The van der Waals surface area contributed by atoms with E-state index in [-0.39, 0.29) is 5.78 Å². The van der Waals surface area contributed by atoms with Crippen LogP contribution >= 0.6 is 0 Å². The van der Waals surface area contributed by atoms with Gasteiger partial charge in [0.1, 0.15) is 17.9 Å². The van der Waals surface area contributed by atoms with Crippen LogP contribution in [0.4, 0.5) is 0 Å². The molecule has 0 spiro atoms. The molecule has 0 N–H and O–H groups in total. The van der Waals surface area contributed by atoms with Gasteiger partial charge in [0, 0.05) is 13.5 Å². The molecule has 4 heteroatoms. The number of aromatic nitrogens is 3. The van der Waals surface area contributed by atoms with Crippen LogP contribution in [-0.2, 0) is 18.3 Å². The van der Waals surface area contributed by atoms with Crippen LogP contribution in [0.1, 0.15) is 44.9 Å². The molecular weight excluding hydrogens is 190 g/mol. The van der Waals surface area contributed by atoms with Gasteiger partial charge in [-0.3, -0.25) is 9.48 Å². The lowest BCUT2D eigenvalue weighted by atomic mass is 10.1. The summed E-state index contributed by atoms with van der Waals surface area (Å²) >= 11 is 0. The Balaban J connectivity index is 2.22. The maximum atomic E-state index is 11.5. The van der Waals surface area contributed by atoms with Crippen molar-refractivity contribution in [2.75, 3.05) is 0 Å². The summed E-state index contributed by atoms with van der Waals surface area (Å²) in [6, 6.07) is 0. The van der Waals surface area contributed by atoms with Crippen LogP contribution in [0.25, 0.3) is 0 Å². The zero-order chi connectivity index (χ0) is 11.1. The number of nitrogens with zero attached hydrogens (tertiary/aromatic N) is 3. The molecular formula is C11H19N3O. The quantitative estimate of drug-likeness (QED) is 0.644. The third kappa shape index (κ3) is 4.23. The number of Topliss-reactive ketones (excluding diaryl/α,β-unsaturated/α-hetero) is 1. The van der Waals surface area contributed by atoms with Gasteiger partial charge in [0.15, 0.2) is 0 Å². The lowest BCUT2D eigenvalue weighted by molar-refractivity contribution is -0.118. The zero-order valence-electron chi connectivity index (χ0n) is 9.57. The van der Waals surface area contributed by atoms with Gasteiger partial charge in [-0.15, -0.1) is 0 Å². The lowest BCUT2D eigenvalue weighted by Crippen LogP contribution is -2.08. The van der Waals surface area contributed by atoms with Crippen LogP contribution in [0.15, 0.2) is 6.33 Å².